The highest BCUT2D eigenvalue weighted by Crippen LogP contribution is 2.37. The van der Waals surface area contributed by atoms with Gasteiger partial charge in [-0.2, -0.15) is 4.99 Å². The molecule has 14 heteroatoms. The van der Waals surface area contributed by atoms with Crippen molar-refractivity contribution < 1.29 is 19.0 Å². The summed E-state index contributed by atoms with van der Waals surface area (Å²) in [6.07, 6.45) is 3.58. The van der Waals surface area contributed by atoms with Crippen molar-refractivity contribution in [3.05, 3.63) is 35.7 Å². The number of anilines is 2. The van der Waals surface area contributed by atoms with E-state index in [-0.39, 0.29) is 41.9 Å². The van der Waals surface area contributed by atoms with E-state index in [1.54, 1.807) is 7.11 Å². The van der Waals surface area contributed by atoms with Crippen molar-refractivity contribution in [1.29, 1.82) is 0 Å². The van der Waals surface area contributed by atoms with E-state index in [1.165, 1.54) is 12.4 Å². The van der Waals surface area contributed by atoms with Gasteiger partial charge in [0.1, 0.15) is 11.3 Å². The number of hydrogen-bond acceptors (Lipinski definition) is 10. The fourth-order valence-corrected chi connectivity index (χ4v) is 4.24. The lowest BCUT2D eigenvalue weighted by atomic mass is 10.2. The number of amides is 1. The van der Waals surface area contributed by atoms with Crippen molar-refractivity contribution in [1.82, 2.24) is 24.4 Å². The molecule has 12 nitrogen and oxygen atoms in total. The number of halogens is 2. The van der Waals surface area contributed by atoms with Crippen molar-refractivity contribution in [2.24, 2.45) is 4.99 Å². The molecule has 0 unspecified atom stereocenters. The first-order valence-corrected chi connectivity index (χ1v) is 11.6. The lowest BCUT2D eigenvalue weighted by Gasteiger charge is -2.26. The van der Waals surface area contributed by atoms with E-state index in [0.717, 1.165) is 50.5 Å². The van der Waals surface area contributed by atoms with Crippen LogP contribution in [-0.4, -0.2) is 83.4 Å². The van der Waals surface area contributed by atoms with E-state index in [0.29, 0.717) is 36.7 Å². The minimum atomic E-state index is -0.507. The summed E-state index contributed by atoms with van der Waals surface area (Å²) < 4.78 is 19.1. The number of hydrogen-bond donors (Lipinski definition) is 2. The number of rotatable bonds is 7. The number of nitrogens with one attached hydrogen (secondary N) is 1. The summed E-state index contributed by atoms with van der Waals surface area (Å²) in [5.74, 6) is 1.51. The van der Waals surface area contributed by atoms with Gasteiger partial charge in [-0.3, -0.25) is 14.3 Å². The van der Waals surface area contributed by atoms with E-state index in [2.05, 4.69) is 25.2 Å². The Balaban J connectivity index is 0.00000190. The molecule has 0 bridgehead atoms. The third-order valence-electron chi connectivity index (χ3n) is 6.01. The van der Waals surface area contributed by atoms with Crippen LogP contribution in [0.15, 0.2) is 29.5 Å². The number of nitrogens with two attached hydrogens (primary N) is 1. The Kier molecular flexibility index (Phi) is 9.86. The number of carbonyl (C=O) groups is 1. The van der Waals surface area contributed by atoms with Crippen LogP contribution in [0.2, 0.25) is 0 Å². The van der Waals surface area contributed by atoms with E-state index in [1.807, 2.05) is 16.7 Å². The minimum Gasteiger partial charge on any atom is -0.491 e. The van der Waals surface area contributed by atoms with Crippen LogP contribution in [0.3, 0.4) is 0 Å². The predicted octanol–water partition coefficient (Wildman–Crippen LogP) is 1.53. The number of nitrogen functional groups attached to an aromatic ring is 1. The molecule has 5 rings (SSSR count). The Hall–Kier alpha value is -3.19. The molecule has 0 radical (unpaired) electrons. The molecule has 2 aliphatic heterocycles. The van der Waals surface area contributed by atoms with Gasteiger partial charge in [0, 0.05) is 50.5 Å². The number of methoxy groups -OCH3 is 1. The van der Waals surface area contributed by atoms with E-state index in [4.69, 9.17) is 24.9 Å². The van der Waals surface area contributed by atoms with Crippen LogP contribution < -0.4 is 26.1 Å². The summed E-state index contributed by atoms with van der Waals surface area (Å²) in [6, 6.07) is 3.85. The second kappa shape index (κ2) is 12.9. The summed E-state index contributed by atoms with van der Waals surface area (Å²) in [6.45, 7) is 6.29. The maximum atomic E-state index is 12.8. The maximum absolute atomic E-state index is 12.8. The van der Waals surface area contributed by atoms with Crippen LogP contribution in [0, 0.1) is 0 Å². The Morgan fingerprint density at radius 3 is 2.68 bits per heavy atom. The first-order valence-electron chi connectivity index (χ1n) is 11.6. The molecule has 2 aliphatic rings. The van der Waals surface area contributed by atoms with Crippen LogP contribution in [0.1, 0.15) is 16.8 Å². The van der Waals surface area contributed by atoms with Crippen molar-refractivity contribution in [3.63, 3.8) is 0 Å². The Bertz CT molecular complexity index is 1300. The number of ether oxygens (including phenoxy) is 3. The maximum Gasteiger partial charge on any atom is 0.283 e. The first-order chi connectivity index (χ1) is 17.1. The smallest absolute Gasteiger partial charge is 0.283 e. The molecule has 0 saturated carbocycles. The van der Waals surface area contributed by atoms with Crippen molar-refractivity contribution in [2.75, 3.05) is 64.2 Å². The van der Waals surface area contributed by atoms with E-state index >= 15 is 0 Å². The quantitative estimate of drug-likeness (QED) is 0.414. The number of fused-ring (bicyclic) bond motifs is 3. The highest BCUT2D eigenvalue weighted by atomic mass is 35.5. The van der Waals surface area contributed by atoms with E-state index in [9.17, 15) is 4.79 Å². The van der Waals surface area contributed by atoms with Gasteiger partial charge in [-0.15, -0.1) is 24.8 Å². The largest absolute Gasteiger partial charge is 0.491 e. The van der Waals surface area contributed by atoms with Crippen LogP contribution in [-0.2, 0) is 11.3 Å². The molecule has 1 aromatic carbocycles. The summed E-state index contributed by atoms with van der Waals surface area (Å²) >= 11 is 0. The van der Waals surface area contributed by atoms with Gasteiger partial charge in [0.05, 0.1) is 32.5 Å². The molecule has 3 aromatic rings. The molecule has 0 aliphatic carbocycles. The minimum absolute atomic E-state index is 0. The first kappa shape index (κ1) is 28.4. The summed E-state index contributed by atoms with van der Waals surface area (Å²) in [4.78, 5) is 31.8. The van der Waals surface area contributed by atoms with Crippen molar-refractivity contribution in [2.45, 2.75) is 13.0 Å². The number of carbonyl (C=O) groups excluding carboxylic acids is 1. The second-order valence-electron chi connectivity index (χ2n) is 8.23. The van der Waals surface area contributed by atoms with E-state index < -0.39 is 5.91 Å². The zero-order valence-electron chi connectivity index (χ0n) is 20.4. The third kappa shape index (κ3) is 6.21. The van der Waals surface area contributed by atoms with Gasteiger partial charge in [-0.1, -0.05) is 0 Å². The number of morpholine rings is 1. The lowest BCUT2D eigenvalue weighted by Crippen LogP contribution is -2.37. The molecule has 0 spiro atoms. The Labute approximate surface area is 226 Å². The predicted molar refractivity (Wildman–Crippen MR) is 143 cm³/mol. The Morgan fingerprint density at radius 1 is 1.19 bits per heavy atom. The highest BCUT2D eigenvalue weighted by Gasteiger charge is 2.21. The van der Waals surface area contributed by atoms with Gasteiger partial charge in [0.25, 0.3) is 5.91 Å². The average Bonchev–Trinajstić information content (AvgIpc) is 3.38. The molecular formula is C23H30Cl2N8O4. The highest BCUT2D eigenvalue weighted by molar-refractivity contribution is 5.96. The molecule has 2 aromatic heterocycles. The molecule has 4 heterocycles. The summed E-state index contributed by atoms with van der Waals surface area (Å²) in [7, 11) is 1.58. The van der Waals surface area contributed by atoms with Crippen molar-refractivity contribution in [3.8, 4) is 11.5 Å². The van der Waals surface area contributed by atoms with Gasteiger partial charge in [0.2, 0.25) is 11.6 Å². The molecule has 1 amide bonds. The van der Waals surface area contributed by atoms with Gasteiger partial charge < -0.3 is 25.3 Å². The van der Waals surface area contributed by atoms with Crippen LogP contribution in [0.4, 0.5) is 11.8 Å². The Morgan fingerprint density at radius 2 is 1.95 bits per heavy atom. The molecule has 1 fully saturated rings. The number of aromatic nitrogens is 4. The standard InChI is InChI=1S/C23H28N8O4.2ClH/c1-33-19-17(35-10-2-6-30-8-11-34-12-9-30)4-3-16-18(19)28-23(31-7-5-25-20(16)31)29-21(32)15-13-26-22(24)27-14-15;;/h3-4,13-14,25H,2,5-12H2,1H3,(H2,24,26,27);2*1H. The zero-order chi connectivity index (χ0) is 24.2. The number of benzene rings is 1. The molecule has 1 saturated heterocycles. The second-order valence-corrected chi connectivity index (χ2v) is 8.23. The SMILES string of the molecule is COc1c(OCCCN2CCOCC2)ccc2c3n(c(=NC(=O)c4cnc(N)nc4)nc12)CCN3.Cl.Cl. The fraction of sp³-hybridized carbons (Fsp3) is 0.435. The van der Waals surface area contributed by atoms with Gasteiger partial charge >= 0.3 is 0 Å². The summed E-state index contributed by atoms with van der Waals surface area (Å²) in [5.41, 5.74) is 6.58. The molecule has 0 atom stereocenters. The van der Waals surface area contributed by atoms with Crippen LogP contribution in [0.5, 0.6) is 11.5 Å². The third-order valence-corrected chi connectivity index (χ3v) is 6.01. The topological polar surface area (TPSA) is 142 Å². The molecule has 37 heavy (non-hydrogen) atoms. The molecular weight excluding hydrogens is 523 g/mol. The molecule has 3 N–H and O–H groups in total. The normalized spacial score (nSPS) is 15.3. The van der Waals surface area contributed by atoms with Crippen LogP contribution >= 0.6 is 24.8 Å². The van der Waals surface area contributed by atoms with Gasteiger partial charge in [-0.25, -0.2) is 15.0 Å². The zero-order valence-corrected chi connectivity index (χ0v) is 22.0. The van der Waals surface area contributed by atoms with Gasteiger partial charge in [0.15, 0.2) is 11.5 Å². The van der Waals surface area contributed by atoms with Crippen LogP contribution in [0.25, 0.3) is 10.9 Å². The fourth-order valence-electron chi connectivity index (χ4n) is 4.24. The average molecular weight is 553 g/mol. The molecule has 200 valence electrons. The summed E-state index contributed by atoms with van der Waals surface area (Å²) in [5, 5.41) is 4.22. The van der Waals surface area contributed by atoms with Gasteiger partial charge in [-0.05, 0) is 18.6 Å². The number of nitrogens with zero attached hydrogens (tertiary/aromatic N) is 6. The lowest BCUT2D eigenvalue weighted by molar-refractivity contribution is 0.0357. The monoisotopic (exact) mass is 552 g/mol. The van der Waals surface area contributed by atoms with Crippen molar-refractivity contribution >= 4 is 53.4 Å².